The monoisotopic (exact) mass is 446 g/mol. The third-order valence-electron chi connectivity index (χ3n) is 4.90. The van der Waals surface area contributed by atoms with E-state index in [1.165, 1.54) is 6.07 Å². The lowest BCUT2D eigenvalue weighted by atomic mass is 10.1. The van der Waals surface area contributed by atoms with Gasteiger partial charge >= 0.3 is 5.97 Å². The van der Waals surface area contributed by atoms with E-state index < -0.39 is 5.97 Å². The van der Waals surface area contributed by atoms with Gasteiger partial charge in [-0.05, 0) is 60.9 Å². The minimum absolute atomic E-state index is 0.112. The van der Waals surface area contributed by atoms with Crippen molar-refractivity contribution in [2.75, 3.05) is 6.61 Å². The predicted molar refractivity (Wildman–Crippen MR) is 123 cm³/mol. The SMILES string of the molecule is Cc1ccc(Oc2nc3cc(Cl)c(C#Cc4ccc(CCO)cc4)cc3[nH]2)cc1C(=O)O. The summed E-state index contributed by atoms with van der Waals surface area (Å²) in [5.41, 5.74) is 4.64. The van der Waals surface area contributed by atoms with Crippen molar-refractivity contribution in [3.05, 3.63) is 87.4 Å². The van der Waals surface area contributed by atoms with Gasteiger partial charge in [-0.15, -0.1) is 0 Å². The largest absolute Gasteiger partial charge is 0.478 e. The molecule has 0 saturated carbocycles. The van der Waals surface area contributed by atoms with Crippen molar-refractivity contribution in [3.8, 4) is 23.6 Å². The molecule has 0 aliphatic carbocycles. The third kappa shape index (κ3) is 4.75. The number of fused-ring (bicyclic) bond motifs is 1. The number of halogens is 1. The Bertz CT molecular complexity index is 1360. The number of nitrogens with one attached hydrogen (secondary N) is 1. The smallest absolute Gasteiger partial charge is 0.336 e. The van der Waals surface area contributed by atoms with Crippen molar-refractivity contribution in [2.24, 2.45) is 0 Å². The van der Waals surface area contributed by atoms with E-state index in [0.29, 0.717) is 39.4 Å². The molecule has 4 aromatic rings. The van der Waals surface area contributed by atoms with E-state index in [1.54, 1.807) is 31.2 Å². The van der Waals surface area contributed by atoms with Crippen molar-refractivity contribution >= 4 is 28.6 Å². The Morgan fingerprint density at radius 2 is 1.91 bits per heavy atom. The molecule has 1 aromatic heterocycles. The van der Waals surface area contributed by atoms with Crippen LogP contribution in [0.25, 0.3) is 11.0 Å². The fourth-order valence-corrected chi connectivity index (χ4v) is 3.39. The number of nitrogens with zero attached hydrogens (tertiary/aromatic N) is 1. The van der Waals surface area contributed by atoms with Gasteiger partial charge in [0.15, 0.2) is 0 Å². The van der Waals surface area contributed by atoms with Crippen LogP contribution in [0.2, 0.25) is 5.02 Å². The number of aliphatic hydroxyl groups excluding tert-OH is 1. The van der Waals surface area contributed by atoms with Gasteiger partial charge in [0.05, 0.1) is 21.6 Å². The predicted octanol–water partition coefficient (Wildman–Crippen LogP) is 4.95. The fraction of sp³-hybridized carbons (Fsp3) is 0.120. The molecule has 160 valence electrons. The number of aryl methyl sites for hydroxylation is 1. The van der Waals surface area contributed by atoms with Crippen LogP contribution in [-0.2, 0) is 6.42 Å². The number of H-pyrrole nitrogens is 1. The summed E-state index contributed by atoms with van der Waals surface area (Å²) in [4.78, 5) is 18.8. The van der Waals surface area contributed by atoms with Gasteiger partial charge in [-0.25, -0.2) is 4.79 Å². The first-order valence-electron chi connectivity index (χ1n) is 9.86. The van der Waals surface area contributed by atoms with Crippen LogP contribution >= 0.6 is 11.6 Å². The van der Waals surface area contributed by atoms with E-state index in [4.69, 9.17) is 21.4 Å². The molecule has 32 heavy (non-hydrogen) atoms. The standard InChI is InChI=1S/C25H19ClN2O4/c1-15-2-9-19(13-20(15)24(30)31)32-25-27-22-12-18(21(26)14-23(22)28-25)8-7-16-3-5-17(6-4-16)10-11-29/h2-6,9,12-14,29H,10-11H2,1H3,(H,27,28)(H,30,31). The van der Waals surface area contributed by atoms with E-state index >= 15 is 0 Å². The highest BCUT2D eigenvalue weighted by Gasteiger charge is 2.12. The summed E-state index contributed by atoms with van der Waals surface area (Å²) in [6.07, 6.45) is 0.612. The molecule has 3 N–H and O–H groups in total. The van der Waals surface area contributed by atoms with Crippen molar-refractivity contribution in [1.29, 1.82) is 0 Å². The van der Waals surface area contributed by atoms with E-state index in [-0.39, 0.29) is 18.2 Å². The van der Waals surface area contributed by atoms with Gasteiger partial charge in [0.25, 0.3) is 6.01 Å². The maximum absolute atomic E-state index is 11.3. The molecule has 0 unspecified atom stereocenters. The number of aromatic nitrogens is 2. The number of rotatable bonds is 5. The fourth-order valence-electron chi connectivity index (χ4n) is 3.18. The number of aromatic amines is 1. The first-order chi connectivity index (χ1) is 15.4. The van der Waals surface area contributed by atoms with Crippen molar-refractivity contribution in [3.63, 3.8) is 0 Å². The lowest BCUT2D eigenvalue weighted by molar-refractivity contribution is 0.0695. The molecule has 0 amide bonds. The van der Waals surface area contributed by atoms with Crippen LogP contribution in [-0.4, -0.2) is 32.8 Å². The first kappa shape index (κ1) is 21.4. The molecule has 0 aliphatic rings. The summed E-state index contributed by atoms with van der Waals surface area (Å²) in [6, 6.07) is 16.2. The number of carbonyl (C=O) groups is 1. The van der Waals surface area contributed by atoms with Crippen LogP contribution in [0, 0.1) is 18.8 Å². The summed E-state index contributed by atoms with van der Waals surface area (Å²) < 4.78 is 5.72. The van der Waals surface area contributed by atoms with E-state index in [2.05, 4.69) is 21.8 Å². The maximum atomic E-state index is 11.3. The molecule has 3 aromatic carbocycles. The van der Waals surface area contributed by atoms with Gasteiger partial charge in [0.2, 0.25) is 0 Å². The summed E-state index contributed by atoms with van der Waals surface area (Å²) >= 11 is 6.39. The number of benzene rings is 3. The van der Waals surface area contributed by atoms with E-state index in [1.807, 2.05) is 24.3 Å². The summed E-state index contributed by atoms with van der Waals surface area (Å²) in [7, 11) is 0. The highest BCUT2D eigenvalue weighted by atomic mass is 35.5. The van der Waals surface area contributed by atoms with Gasteiger partial charge in [-0.1, -0.05) is 41.6 Å². The number of hydrogen-bond donors (Lipinski definition) is 3. The van der Waals surface area contributed by atoms with Gasteiger partial charge in [0.1, 0.15) is 5.75 Å². The van der Waals surface area contributed by atoms with Crippen LogP contribution in [0.3, 0.4) is 0 Å². The Kier molecular flexibility index (Phi) is 6.13. The van der Waals surface area contributed by atoms with Crippen molar-refractivity contribution in [2.45, 2.75) is 13.3 Å². The number of carboxylic acids is 1. The molecule has 0 spiro atoms. The second-order valence-corrected chi connectivity index (χ2v) is 7.60. The van der Waals surface area contributed by atoms with Crippen LogP contribution in [0.4, 0.5) is 0 Å². The number of carboxylic acid groups (broad SMARTS) is 1. The van der Waals surface area contributed by atoms with Gasteiger partial charge in [-0.3, -0.25) is 0 Å². The second kappa shape index (κ2) is 9.15. The molecule has 0 bridgehead atoms. The summed E-state index contributed by atoms with van der Waals surface area (Å²) in [5, 5.41) is 18.8. The number of aromatic carboxylic acids is 1. The molecule has 0 radical (unpaired) electrons. The lowest BCUT2D eigenvalue weighted by Gasteiger charge is -2.05. The van der Waals surface area contributed by atoms with Crippen molar-refractivity contribution in [1.82, 2.24) is 9.97 Å². The zero-order valence-corrected chi connectivity index (χ0v) is 17.9. The maximum Gasteiger partial charge on any atom is 0.336 e. The molecule has 7 heteroatoms. The van der Waals surface area contributed by atoms with Crippen LogP contribution < -0.4 is 4.74 Å². The minimum atomic E-state index is -1.02. The van der Waals surface area contributed by atoms with Crippen molar-refractivity contribution < 1.29 is 19.7 Å². The Hall–Kier alpha value is -3.79. The topological polar surface area (TPSA) is 95.4 Å². The molecular weight excluding hydrogens is 428 g/mol. The number of imidazole rings is 1. The van der Waals surface area contributed by atoms with Gasteiger partial charge < -0.3 is 19.9 Å². The zero-order chi connectivity index (χ0) is 22.7. The molecule has 1 heterocycles. The highest BCUT2D eigenvalue weighted by molar-refractivity contribution is 6.32. The summed E-state index contributed by atoms with van der Waals surface area (Å²) in [6.45, 7) is 1.84. The van der Waals surface area contributed by atoms with E-state index in [9.17, 15) is 9.90 Å². The summed E-state index contributed by atoms with van der Waals surface area (Å²) in [5.74, 6) is 5.50. The Morgan fingerprint density at radius 1 is 1.12 bits per heavy atom. The number of hydrogen-bond acceptors (Lipinski definition) is 4. The quantitative estimate of drug-likeness (QED) is 0.377. The number of ether oxygens (including phenoxy) is 1. The molecule has 0 aliphatic heterocycles. The zero-order valence-electron chi connectivity index (χ0n) is 17.1. The molecule has 0 saturated heterocycles. The Balaban J connectivity index is 1.59. The highest BCUT2D eigenvalue weighted by Crippen LogP contribution is 2.27. The average molecular weight is 447 g/mol. The van der Waals surface area contributed by atoms with E-state index in [0.717, 1.165) is 11.1 Å². The average Bonchev–Trinajstić information content (AvgIpc) is 3.15. The Labute approximate surface area is 189 Å². The molecule has 0 fully saturated rings. The number of aliphatic hydroxyl groups is 1. The van der Waals surface area contributed by atoms with Crippen LogP contribution in [0.15, 0.2) is 54.6 Å². The van der Waals surface area contributed by atoms with Gasteiger partial charge in [-0.2, -0.15) is 4.98 Å². The van der Waals surface area contributed by atoms with Crippen LogP contribution in [0.1, 0.15) is 32.6 Å². The van der Waals surface area contributed by atoms with Gasteiger partial charge in [0, 0.05) is 17.7 Å². The normalized spacial score (nSPS) is 10.6. The minimum Gasteiger partial charge on any atom is -0.478 e. The first-order valence-corrected chi connectivity index (χ1v) is 10.2. The molecule has 4 rings (SSSR count). The lowest BCUT2D eigenvalue weighted by Crippen LogP contribution is -2.00. The molecule has 6 nitrogen and oxygen atoms in total. The molecular formula is C25H19ClN2O4. The molecule has 0 atom stereocenters. The van der Waals surface area contributed by atoms with Crippen LogP contribution in [0.5, 0.6) is 11.8 Å². The third-order valence-corrected chi connectivity index (χ3v) is 5.21. The second-order valence-electron chi connectivity index (χ2n) is 7.20. The Morgan fingerprint density at radius 3 is 2.62 bits per heavy atom.